The molecule has 22 heavy (non-hydrogen) atoms. The molecule has 0 atom stereocenters. The highest BCUT2D eigenvalue weighted by Crippen LogP contribution is 2.28. The SMILES string of the molecule is Cl.c1ccc(Nc2nc(-c3ccc4nsnc4c3)cs2)nc1. The van der Waals surface area contributed by atoms with Crippen LogP contribution in [0, 0.1) is 0 Å². The molecule has 0 aliphatic carbocycles. The fourth-order valence-corrected chi connectivity index (χ4v) is 3.20. The summed E-state index contributed by atoms with van der Waals surface area (Å²) < 4.78 is 8.47. The zero-order chi connectivity index (χ0) is 14.1. The van der Waals surface area contributed by atoms with E-state index in [0.29, 0.717) is 0 Å². The molecular weight excluding hydrogens is 338 g/mol. The quantitative estimate of drug-likeness (QED) is 0.596. The van der Waals surface area contributed by atoms with E-state index in [0.717, 1.165) is 33.2 Å². The summed E-state index contributed by atoms with van der Waals surface area (Å²) in [6.45, 7) is 0. The summed E-state index contributed by atoms with van der Waals surface area (Å²) in [7, 11) is 0. The Morgan fingerprint density at radius 3 is 2.77 bits per heavy atom. The van der Waals surface area contributed by atoms with Crippen LogP contribution in [0.1, 0.15) is 0 Å². The molecule has 0 amide bonds. The van der Waals surface area contributed by atoms with Crippen molar-refractivity contribution in [1.29, 1.82) is 0 Å². The predicted octanol–water partition coefficient (Wildman–Crippen LogP) is 4.38. The van der Waals surface area contributed by atoms with Gasteiger partial charge in [0.15, 0.2) is 5.13 Å². The second-order valence-electron chi connectivity index (χ2n) is 4.35. The first-order valence-electron chi connectivity index (χ1n) is 6.25. The summed E-state index contributed by atoms with van der Waals surface area (Å²) in [5.41, 5.74) is 3.80. The average molecular weight is 348 g/mol. The van der Waals surface area contributed by atoms with Crippen molar-refractivity contribution in [3.05, 3.63) is 48.0 Å². The number of nitrogens with one attached hydrogen (secondary N) is 1. The molecule has 5 nitrogen and oxygen atoms in total. The van der Waals surface area contributed by atoms with E-state index < -0.39 is 0 Å². The fourth-order valence-electron chi connectivity index (χ4n) is 1.95. The van der Waals surface area contributed by atoms with Crippen molar-refractivity contribution in [3.8, 4) is 11.3 Å². The number of hydrogen-bond donors (Lipinski definition) is 1. The van der Waals surface area contributed by atoms with Crippen molar-refractivity contribution < 1.29 is 0 Å². The van der Waals surface area contributed by atoms with Crippen LogP contribution in [0.3, 0.4) is 0 Å². The Kier molecular flexibility index (Phi) is 4.28. The molecule has 4 aromatic rings. The Hall–Kier alpha value is -2.09. The molecular formula is C14H10ClN5S2. The van der Waals surface area contributed by atoms with Crippen LogP contribution in [-0.4, -0.2) is 18.7 Å². The van der Waals surface area contributed by atoms with Crippen LogP contribution in [0.4, 0.5) is 10.9 Å². The molecule has 1 aromatic carbocycles. The lowest BCUT2D eigenvalue weighted by Gasteiger charge is -1.99. The van der Waals surface area contributed by atoms with Gasteiger partial charge in [0, 0.05) is 17.1 Å². The van der Waals surface area contributed by atoms with Gasteiger partial charge in [-0.3, -0.25) is 0 Å². The van der Waals surface area contributed by atoms with Gasteiger partial charge >= 0.3 is 0 Å². The van der Waals surface area contributed by atoms with E-state index in [1.807, 2.05) is 41.8 Å². The Balaban J connectivity index is 0.00000144. The van der Waals surface area contributed by atoms with Gasteiger partial charge in [0.05, 0.1) is 17.4 Å². The number of halogens is 1. The van der Waals surface area contributed by atoms with E-state index >= 15 is 0 Å². The van der Waals surface area contributed by atoms with Crippen molar-refractivity contribution in [3.63, 3.8) is 0 Å². The maximum absolute atomic E-state index is 4.59. The monoisotopic (exact) mass is 347 g/mol. The summed E-state index contributed by atoms with van der Waals surface area (Å²) in [6.07, 6.45) is 1.75. The van der Waals surface area contributed by atoms with Crippen molar-refractivity contribution in [2.45, 2.75) is 0 Å². The van der Waals surface area contributed by atoms with E-state index in [-0.39, 0.29) is 12.4 Å². The number of pyridine rings is 1. The van der Waals surface area contributed by atoms with E-state index in [1.165, 1.54) is 11.7 Å². The smallest absolute Gasteiger partial charge is 0.188 e. The predicted molar refractivity (Wildman–Crippen MR) is 93.3 cm³/mol. The summed E-state index contributed by atoms with van der Waals surface area (Å²) in [4.78, 5) is 8.82. The molecule has 0 unspecified atom stereocenters. The third-order valence-corrected chi connectivity index (χ3v) is 4.27. The van der Waals surface area contributed by atoms with Crippen molar-refractivity contribution in [2.24, 2.45) is 0 Å². The molecule has 0 radical (unpaired) electrons. The third kappa shape index (κ3) is 2.92. The van der Waals surface area contributed by atoms with E-state index in [9.17, 15) is 0 Å². The molecule has 3 heterocycles. The highest BCUT2D eigenvalue weighted by molar-refractivity contribution is 7.14. The number of hydrogen-bond acceptors (Lipinski definition) is 7. The minimum absolute atomic E-state index is 0. The standard InChI is InChI=1S/C14H9N5S2.ClH/c1-2-6-15-13(3-1)17-14-16-12(8-20-14)9-4-5-10-11(7-9)19-21-18-10;/h1-8H,(H,15,16,17);1H. The van der Waals surface area contributed by atoms with Crippen LogP contribution in [0.25, 0.3) is 22.3 Å². The Labute approximate surface area is 140 Å². The molecule has 8 heteroatoms. The lowest BCUT2D eigenvalue weighted by molar-refractivity contribution is 1.29. The van der Waals surface area contributed by atoms with Gasteiger partial charge in [-0.2, -0.15) is 8.75 Å². The number of nitrogens with zero attached hydrogens (tertiary/aromatic N) is 4. The second-order valence-corrected chi connectivity index (χ2v) is 5.73. The summed E-state index contributed by atoms with van der Waals surface area (Å²) in [5, 5.41) is 6.04. The van der Waals surface area contributed by atoms with E-state index in [2.05, 4.69) is 24.0 Å². The van der Waals surface area contributed by atoms with E-state index in [1.54, 1.807) is 17.5 Å². The number of rotatable bonds is 3. The first-order chi connectivity index (χ1) is 10.4. The Morgan fingerprint density at radius 1 is 1.00 bits per heavy atom. The van der Waals surface area contributed by atoms with Gasteiger partial charge in [-0.15, -0.1) is 23.7 Å². The van der Waals surface area contributed by atoms with Gasteiger partial charge in [-0.05, 0) is 24.3 Å². The van der Waals surface area contributed by atoms with Gasteiger partial charge in [0.1, 0.15) is 16.9 Å². The molecule has 110 valence electrons. The van der Waals surface area contributed by atoms with Gasteiger partial charge in [0.2, 0.25) is 0 Å². The zero-order valence-corrected chi connectivity index (χ0v) is 13.6. The highest BCUT2D eigenvalue weighted by atomic mass is 35.5. The Bertz CT molecular complexity index is 890. The molecule has 4 rings (SSSR count). The van der Waals surface area contributed by atoms with Crippen LogP contribution in [-0.2, 0) is 0 Å². The minimum atomic E-state index is 0. The summed E-state index contributed by atoms with van der Waals surface area (Å²) in [5.74, 6) is 0.789. The van der Waals surface area contributed by atoms with Gasteiger partial charge in [-0.1, -0.05) is 12.1 Å². The minimum Gasteiger partial charge on any atom is -0.316 e. The number of aromatic nitrogens is 4. The maximum atomic E-state index is 4.59. The van der Waals surface area contributed by atoms with Gasteiger partial charge in [-0.25, -0.2) is 9.97 Å². The third-order valence-electron chi connectivity index (χ3n) is 2.95. The van der Waals surface area contributed by atoms with E-state index in [4.69, 9.17) is 0 Å². The van der Waals surface area contributed by atoms with Crippen LogP contribution < -0.4 is 5.32 Å². The summed E-state index contributed by atoms with van der Waals surface area (Å²) >= 11 is 2.78. The lowest BCUT2D eigenvalue weighted by Crippen LogP contribution is -1.91. The number of benzene rings is 1. The molecule has 0 spiro atoms. The number of anilines is 2. The normalized spacial score (nSPS) is 10.4. The van der Waals surface area contributed by atoms with Crippen LogP contribution in [0.2, 0.25) is 0 Å². The first kappa shape index (κ1) is 14.8. The zero-order valence-electron chi connectivity index (χ0n) is 11.1. The second kappa shape index (κ2) is 6.35. The molecule has 0 fully saturated rings. The first-order valence-corrected chi connectivity index (χ1v) is 7.86. The highest BCUT2D eigenvalue weighted by Gasteiger charge is 2.07. The Morgan fingerprint density at radius 2 is 1.91 bits per heavy atom. The maximum Gasteiger partial charge on any atom is 0.188 e. The molecule has 1 N–H and O–H groups in total. The summed E-state index contributed by atoms with van der Waals surface area (Å²) in [6, 6.07) is 11.7. The topological polar surface area (TPSA) is 63.6 Å². The molecule has 0 aliphatic heterocycles. The largest absolute Gasteiger partial charge is 0.316 e. The van der Waals surface area contributed by atoms with Crippen LogP contribution in [0.15, 0.2) is 48.0 Å². The van der Waals surface area contributed by atoms with Crippen molar-refractivity contribution in [2.75, 3.05) is 5.32 Å². The van der Waals surface area contributed by atoms with Gasteiger partial charge in [0.25, 0.3) is 0 Å². The average Bonchev–Trinajstić information content (AvgIpc) is 3.16. The molecule has 0 saturated heterocycles. The molecule has 0 saturated carbocycles. The van der Waals surface area contributed by atoms with Crippen molar-refractivity contribution >= 4 is 57.5 Å². The van der Waals surface area contributed by atoms with Crippen LogP contribution in [0.5, 0.6) is 0 Å². The number of fused-ring (bicyclic) bond motifs is 1. The van der Waals surface area contributed by atoms with Crippen molar-refractivity contribution in [1.82, 2.24) is 18.7 Å². The molecule has 3 aromatic heterocycles. The molecule has 0 bridgehead atoms. The molecule has 0 aliphatic rings. The van der Waals surface area contributed by atoms with Gasteiger partial charge < -0.3 is 5.32 Å². The lowest BCUT2D eigenvalue weighted by atomic mass is 10.1. The van der Waals surface area contributed by atoms with Crippen LogP contribution >= 0.6 is 35.5 Å². The fraction of sp³-hybridized carbons (Fsp3) is 0. The number of thiazole rings is 1.